The molecule has 0 saturated carbocycles. The van der Waals surface area contributed by atoms with Crippen LogP contribution in [-0.4, -0.2) is 56.0 Å². The molecule has 3 rings (SSSR count). The van der Waals surface area contributed by atoms with Gasteiger partial charge in [0.05, 0.1) is 0 Å². The van der Waals surface area contributed by atoms with Crippen LogP contribution in [0.4, 0.5) is 5.69 Å². The van der Waals surface area contributed by atoms with E-state index in [1.807, 2.05) is 18.7 Å². The van der Waals surface area contributed by atoms with Crippen LogP contribution in [0.2, 0.25) is 0 Å². The lowest BCUT2D eigenvalue weighted by atomic mass is 10.0. The predicted octanol–water partition coefficient (Wildman–Crippen LogP) is 2.99. The van der Waals surface area contributed by atoms with Crippen molar-refractivity contribution in [2.45, 2.75) is 39.3 Å². The summed E-state index contributed by atoms with van der Waals surface area (Å²) in [6, 6.07) is 9.01. The molecule has 0 spiro atoms. The largest absolute Gasteiger partial charge is 0.364 e. The monoisotopic (exact) mass is 511 g/mol. The summed E-state index contributed by atoms with van der Waals surface area (Å²) in [5, 5.41) is 6.94. The van der Waals surface area contributed by atoms with Crippen molar-refractivity contribution in [2.24, 2.45) is 10.9 Å². The minimum Gasteiger partial charge on any atom is -0.364 e. The summed E-state index contributed by atoms with van der Waals surface area (Å²) in [4.78, 5) is 20.8. The standard InChI is InChI=1S/C22H33N5O.HI/c1-17(2)21(28)27-13-9-19(10-14-27)25-22(23-3)24-16-18-7-6-8-20(15-18)26-11-4-5-12-26;/h4-8,15,17,19H,9-14,16H2,1-3H3,(H2,23,24,25);1H. The average Bonchev–Trinajstić information content (AvgIpc) is 3.26. The number of benzene rings is 1. The number of amides is 1. The summed E-state index contributed by atoms with van der Waals surface area (Å²) in [6.45, 7) is 8.27. The van der Waals surface area contributed by atoms with Crippen molar-refractivity contribution in [3.8, 4) is 0 Å². The van der Waals surface area contributed by atoms with Crippen molar-refractivity contribution in [3.05, 3.63) is 42.0 Å². The molecular formula is C22H34IN5O. The molecular weight excluding hydrogens is 477 g/mol. The highest BCUT2D eigenvalue weighted by atomic mass is 127. The van der Waals surface area contributed by atoms with Crippen molar-refractivity contribution in [1.29, 1.82) is 0 Å². The van der Waals surface area contributed by atoms with Gasteiger partial charge in [-0.1, -0.05) is 38.1 Å². The second-order valence-corrected chi connectivity index (χ2v) is 7.87. The Morgan fingerprint density at radius 3 is 2.52 bits per heavy atom. The Bertz CT molecular complexity index is 718. The molecule has 1 saturated heterocycles. The molecule has 0 radical (unpaired) electrons. The summed E-state index contributed by atoms with van der Waals surface area (Å²) in [5.41, 5.74) is 2.50. The van der Waals surface area contributed by atoms with E-state index >= 15 is 0 Å². The van der Waals surface area contributed by atoms with Gasteiger partial charge < -0.3 is 20.4 Å². The van der Waals surface area contributed by atoms with Crippen LogP contribution in [0, 0.1) is 5.92 Å². The van der Waals surface area contributed by atoms with Crippen LogP contribution in [0.15, 0.2) is 41.4 Å². The zero-order valence-electron chi connectivity index (χ0n) is 17.7. The van der Waals surface area contributed by atoms with E-state index in [0.717, 1.165) is 51.5 Å². The van der Waals surface area contributed by atoms with E-state index in [0.29, 0.717) is 6.04 Å². The summed E-state index contributed by atoms with van der Waals surface area (Å²) < 4.78 is 0. The zero-order valence-corrected chi connectivity index (χ0v) is 20.1. The number of anilines is 1. The summed E-state index contributed by atoms with van der Waals surface area (Å²) in [5.74, 6) is 1.15. The van der Waals surface area contributed by atoms with Crippen LogP contribution in [0.1, 0.15) is 32.3 Å². The van der Waals surface area contributed by atoms with Gasteiger partial charge in [-0.2, -0.15) is 0 Å². The first-order chi connectivity index (χ1) is 13.6. The Hall–Kier alpha value is -1.77. The Morgan fingerprint density at radius 1 is 1.21 bits per heavy atom. The fourth-order valence-corrected chi connectivity index (χ4v) is 3.74. The number of carbonyl (C=O) groups is 1. The number of carbonyl (C=O) groups excluding carboxylic acids is 1. The summed E-state index contributed by atoms with van der Waals surface area (Å²) in [7, 11) is 1.80. The van der Waals surface area contributed by atoms with Crippen LogP contribution in [0.25, 0.3) is 0 Å². The number of likely N-dealkylation sites (tertiary alicyclic amines) is 1. The van der Waals surface area contributed by atoms with E-state index < -0.39 is 0 Å². The van der Waals surface area contributed by atoms with Crippen molar-refractivity contribution in [2.75, 3.05) is 38.1 Å². The van der Waals surface area contributed by atoms with Crippen LogP contribution >= 0.6 is 24.0 Å². The van der Waals surface area contributed by atoms with Crippen molar-refractivity contribution >= 4 is 41.5 Å². The molecule has 1 aromatic rings. The molecule has 160 valence electrons. The molecule has 1 aromatic carbocycles. The van der Waals surface area contributed by atoms with Crippen LogP contribution in [0.3, 0.4) is 0 Å². The highest BCUT2D eigenvalue weighted by Gasteiger charge is 2.24. The second-order valence-electron chi connectivity index (χ2n) is 7.87. The quantitative estimate of drug-likeness (QED) is 0.276. The number of aliphatic imine (C=N–C) groups is 1. The van der Waals surface area contributed by atoms with Crippen LogP contribution in [0.5, 0.6) is 0 Å². The number of nitrogens with one attached hydrogen (secondary N) is 2. The van der Waals surface area contributed by atoms with Gasteiger partial charge in [-0.15, -0.1) is 24.0 Å². The normalized spacial score (nSPS) is 17.4. The third kappa shape index (κ3) is 6.62. The average molecular weight is 511 g/mol. The van der Waals surface area contributed by atoms with E-state index in [-0.39, 0.29) is 35.8 Å². The lowest BCUT2D eigenvalue weighted by Gasteiger charge is -2.34. The van der Waals surface area contributed by atoms with E-state index in [1.165, 1.54) is 11.3 Å². The fourth-order valence-electron chi connectivity index (χ4n) is 3.74. The first-order valence-electron chi connectivity index (χ1n) is 10.3. The van der Waals surface area contributed by atoms with Gasteiger partial charge in [0.1, 0.15) is 0 Å². The van der Waals surface area contributed by atoms with E-state index in [2.05, 4.69) is 56.9 Å². The molecule has 6 nitrogen and oxygen atoms in total. The lowest BCUT2D eigenvalue weighted by molar-refractivity contribution is -0.135. The van der Waals surface area contributed by atoms with Gasteiger partial charge in [-0.25, -0.2) is 0 Å². The number of piperidine rings is 1. The minimum atomic E-state index is 0. The SMILES string of the molecule is CN=C(NCc1cccc(N2CC=CC2)c1)NC1CCN(C(=O)C(C)C)CC1.I. The minimum absolute atomic E-state index is 0. The predicted molar refractivity (Wildman–Crippen MR) is 131 cm³/mol. The van der Waals surface area contributed by atoms with Gasteiger partial charge in [0.2, 0.25) is 5.91 Å². The number of rotatable bonds is 5. The molecule has 7 heteroatoms. The van der Waals surface area contributed by atoms with E-state index in [9.17, 15) is 4.79 Å². The van der Waals surface area contributed by atoms with Gasteiger partial charge in [0, 0.05) is 57.4 Å². The molecule has 0 bridgehead atoms. The third-order valence-electron chi connectivity index (χ3n) is 5.42. The van der Waals surface area contributed by atoms with Gasteiger partial charge in [-0.05, 0) is 30.5 Å². The Morgan fingerprint density at radius 2 is 1.90 bits per heavy atom. The number of hydrogen-bond donors (Lipinski definition) is 2. The van der Waals surface area contributed by atoms with E-state index in [1.54, 1.807) is 7.05 Å². The molecule has 0 unspecified atom stereocenters. The third-order valence-corrected chi connectivity index (χ3v) is 5.42. The second kappa shape index (κ2) is 11.4. The van der Waals surface area contributed by atoms with Gasteiger partial charge in [-0.3, -0.25) is 9.79 Å². The Kier molecular flexibility index (Phi) is 9.26. The van der Waals surface area contributed by atoms with Gasteiger partial charge >= 0.3 is 0 Å². The molecule has 2 heterocycles. The molecule has 1 fully saturated rings. The molecule has 0 atom stereocenters. The Balaban J connectivity index is 0.00000300. The van der Waals surface area contributed by atoms with Gasteiger partial charge in [0.15, 0.2) is 5.96 Å². The molecule has 29 heavy (non-hydrogen) atoms. The summed E-state index contributed by atoms with van der Waals surface area (Å²) in [6.07, 6.45) is 6.32. The van der Waals surface area contributed by atoms with Crippen LogP contribution in [-0.2, 0) is 11.3 Å². The van der Waals surface area contributed by atoms with Crippen molar-refractivity contribution in [3.63, 3.8) is 0 Å². The molecule has 1 amide bonds. The van der Waals surface area contributed by atoms with Crippen LogP contribution < -0.4 is 15.5 Å². The number of guanidine groups is 1. The maximum Gasteiger partial charge on any atom is 0.225 e. The maximum atomic E-state index is 12.1. The number of hydrogen-bond acceptors (Lipinski definition) is 3. The van der Waals surface area contributed by atoms with Gasteiger partial charge in [0.25, 0.3) is 0 Å². The fraction of sp³-hybridized carbons (Fsp3) is 0.545. The Labute approximate surface area is 191 Å². The van der Waals surface area contributed by atoms with Crippen molar-refractivity contribution < 1.29 is 4.79 Å². The maximum absolute atomic E-state index is 12.1. The molecule has 0 aromatic heterocycles. The van der Waals surface area contributed by atoms with E-state index in [4.69, 9.17) is 0 Å². The lowest BCUT2D eigenvalue weighted by Crippen LogP contribution is -2.50. The molecule has 0 aliphatic carbocycles. The smallest absolute Gasteiger partial charge is 0.225 e. The first-order valence-corrected chi connectivity index (χ1v) is 10.3. The summed E-state index contributed by atoms with van der Waals surface area (Å²) >= 11 is 0. The topological polar surface area (TPSA) is 60.0 Å². The first kappa shape index (κ1) is 23.5. The highest BCUT2D eigenvalue weighted by molar-refractivity contribution is 14.0. The number of nitrogens with zero attached hydrogens (tertiary/aromatic N) is 3. The molecule has 2 aliphatic rings. The van der Waals surface area contributed by atoms with Crippen molar-refractivity contribution in [1.82, 2.24) is 15.5 Å². The molecule has 2 N–H and O–H groups in total. The molecule has 2 aliphatic heterocycles. The number of halogens is 1. The highest BCUT2D eigenvalue weighted by Crippen LogP contribution is 2.18. The zero-order chi connectivity index (χ0) is 19.9.